The van der Waals surface area contributed by atoms with Crippen molar-refractivity contribution in [3.63, 3.8) is 0 Å². The summed E-state index contributed by atoms with van der Waals surface area (Å²) in [5.41, 5.74) is 0. The van der Waals surface area contributed by atoms with E-state index >= 15 is 0 Å². The molecule has 0 spiro atoms. The van der Waals surface area contributed by atoms with Gasteiger partial charge in [0, 0.05) is 25.6 Å². The normalized spacial score (nSPS) is 24.5. The van der Waals surface area contributed by atoms with E-state index in [9.17, 15) is 19.2 Å². The van der Waals surface area contributed by atoms with Crippen molar-refractivity contribution >= 4 is 23.8 Å². The maximum atomic E-state index is 11.8. The van der Waals surface area contributed by atoms with Crippen molar-refractivity contribution in [1.29, 1.82) is 0 Å². The molecule has 2 amide bonds. The van der Waals surface area contributed by atoms with Crippen molar-refractivity contribution in [2.24, 2.45) is 11.8 Å². The van der Waals surface area contributed by atoms with Gasteiger partial charge < -0.3 is 9.47 Å². The number of imide groups is 1. The monoisotopic (exact) mass is 309 g/mol. The Kier molecular flexibility index (Phi) is 5.30. The molecule has 1 aliphatic carbocycles. The first kappa shape index (κ1) is 16.2. The molecule has 120 valence electrons. The lowest BCUT2D eigenvalue weighted by molar-refractivity contribution is -0.170. The van der Waals surface area contributed by atoms with Crippen LogP contribution in [-0.4, -0.2) is 42.0 Å². The third-order valence-electron chi connectivity index (χ3n) is 3.98. The number of esters is 2. The maximum Gasteiger partial charge on any atom is 0.311 e. The second kappa shape index (κ2) is 7.20. The van der Waals surface area contributed by atoms with E-state index in [1.165, 1.54) is 24.0 Å². The maximum absolute atomic E-state index is 11.8. The topological polar surface area (TPSA) is 90.0 Å². The lowest BCUT2D eigenvalue weighted by Gasteiger charge is -2.29. The zero-order chi connectivity index (χ0) is 16.1. The van der Waals surface area contributed by atoms with Gasteiger partial charge in [0.1, 0.15) is 0 Å². The fourth-order valence-electron chi connectivity index (χ4n) is 2.74. The molecule has 1 saturated carbocycles. The summed E-state index contributed by atoms with van der Waals surface area (Å²) >= 11 is 0. The highest BCUT2D eigenvalue weighted by molar-refractivity contribution is 6.12. The molecular weight excluding hydrogens is 290 g/mol. The van der Waals surface area contributed by atoms with Crippen LogP contribution in [0.3, 0.4) is 0 Å². The number of ether oxygens (including phenoxy) is 2. The predicted octanol–water partition coefficient (Wildman–Crippen LogP) is 0.782. The Hall–Kier alpha value is -2.18. The van der Waals surface area contributed by atoms with Crippen LogP contribution in [0.1, 0.15) is 32.6 Å². The molecule has 2 rings (SSSR count). The van der Waals surface area contributed by atoms with Crippen LogP contribution in [0.15, 0.2) is 12.2 Å². The van der Waals surface area contributed by atoms with Crippen molar-refractivity contribution in [1.82, 2.24) is 4.90 Å². The minimum absolute atomic E-state index is 0.213. The van der Waals surface area contributed by atoms with Crippen molar-refractivity contribution in [2.75, 3.05) is 13.3 Å². The molecular formula is C15H19NO6. The van der Waals surface area contributed by atoms with Gasteiger partial charge in [-0.15, -0.1) is 0 Å². The van der Waals surface area contributed by atoms with Crippen LogP contribution in [-0.2, 0) is 28.7 Å². The van der Waals surface area contributed by atoms with Gasteiger partial charge >= 0.3 is 11.9 Å². The zero-order valence-electron chi connectivity index (χ0n) is 12.4. The molecule has 7 heteroatoms. The Morgan fingerprint density at radius 2 is 1.68 bits per heavy atom. The molecule has 0 atom stereocenters. The van der Waals surface area contributed by atoms with Crippen molar-refractivity contribution in [2.45, 2.75) is 32.6 Å². The van der Waals surface area contributed by atoms with Crippen molar-refractivity contribution < 1.29 is 28.7 Å². The molecule has 2 aliphatic rings. The summed E-state index contributed by atoms with van der Waals surface area (Å²) in [7, 11) is 0. The van der Waals surface area contributed by atoms with Gasteiger partial charge in [0.05, 0.1) is 5.92 Å². The number of amides is 2. The van der Waals surface area contributed by atoms with Crippen LogP contribution in [0.2, 0.25) is 0 Å². The summed E-state index contributed by atoms with van der Waals surface area (Å²) in [5.74, 6) is -1.40. The third-order valence-corrected chi connectivity index (χ3v) is 3.98. The third kappa shape index (κ3) is 4.16. The SMILES string of the molecule is CC(=O)OCOC(=O)C1CCC(CN2C(=O)C=CC2=O)CC1. The van der Waals surface area contributed by atoms with Gasteiger partial charge in [-0.3, -0.25) is 24.1 Å². The van der Waals surface area contributed by atoms with Crippen molar-refractivity contribution in [3.8, 4) is 0 Å². The molecule has 0 aromatic rings. The fraction of sp³-hybridized carbons (Fsp3) is 0.600. The summed E-state index contributed by atoms with van der Waals surface area (Å²) in [5, 5.41) is 0. The highest BCUT2D eigenvalue weighted by Crippen LogP contribution is 2.30. The molecule has 0 aromatic heterocycles. The molecule has 0 saturated heterocycles. The second-order valence-electron chi connectivity index (χ2n) is 5.56. The van der Waals surface area contributed by atoms with Gasteiger partial charge in [-0.25, -0.2) is 0 Å². The molecule has 1 aliphatic heterocycles. The number of carbonyl (C=O) groups is 4. The van der Waals surface area contributed by atoms with E-state index in [0.717, 1.165) is 12.8 Å². The van der Waals surface area contributed by atoms with E-state index < -0.39 is 5.97 Å². The Morgan fingerprint density at radius 1 is 1.09 bits per heavy atom. The molecule has 22 heavy (non-hydrogen) atoms. The number of nitrogens with zero attached hydrogens (tertiary/aromatic N) is 1. The standard InChI is InChI=1S/C15H19NO6/c1-10(17)21-9-22-15(20)12-4-2-11(3-5-12)8-16-13(18)6-7-14(16)19/h6-7,11-12H,2-5,8-9H2,1H3. The van der Waals surface area contributed by atoms with Crippen LogP contribution >= 0.6 is 0 Å². The van der Waals surface area contributed by atoms with E-state index in [1.54, 1.807) is 0 Å². The molecule has 0 bridgehead atoms. The number of carbonyl (C=O) groups excluding carboxylic acids is 4. The van der Waals surface area contributed by atoms with Crippen LogP contribution in [0.5, 0.6) is 0 Å². The summed E-state index contributed by atoms with van der Waals surface area (Å²) in [6.45, 7) is 1.30. The van der Waals surface area contributed by atoms with E-state index in [2.05, 4.69) is 4.74 Å². The molecule has 7 nitrogen and oxygen atoms in total. The van der Waals surface area contributed by atoms with Crippen LogP contribution < -0.4 is 0 Å². The highest BCUT2D eigenvalue weighted by atomic mass is 16.7. The minimum atomic E-state index is -0.495. The predicted molar refractivity (Wildman–Crippen MR) is 74.0 cm³/mol. The molecule has 1 fully saturated rings. The quantitative estimate of drug-likeness (QED) is 0.423. The van der Waals surface area contributed by atoms with Crippen LogP contribution in [0, 0.1) is 11.8 Å². The molecule has 1 heterocycles. The lowest BCUT2D eigenvalue weighted by Crippen LogP contribution is -2.36. The summed E-state index contributed by atoms with van der Waals surface area (Å²) < 4.78 is 9.45. The summed E-state index contributed by atoms with van der Waals surface area (Å²) in [6, 6.07) is 0. The molecule has 0 unspecified atom stereocenters. The van der Waals surface area contributed by atoms with Gasteiger partial charge in [-0.1, -0.05) is 0 Å². The fourth-order valence-corrected chi connectivity index (χ4v) is 2.74. The Bertz CT molecular complexity index is 486. The van der Waals surface area contributed by atoms with Gasteiger partial charge in [0.2, 0.25) is 6.79 Å². The minimum Gasteiger partial charge on any atom is -0.428 e. The highest BCUT2D eigenvalue weighted by Gasteiger charge is 2.31. The van der Waals surface area contributed by atoms with Crippen LogP contribution in [0.25, 0.3) is 0 Å². The first-order chi connectivity index (χ1) is 10.5. The van der Waals surface area contributed by atoms with Crippen molar-refractivity contribution in [3.05, 3.63) is 12.2 Å². The summed E-state index contributed by atoms with van der Waals surface area (Å²) in [4.78, 5) is 46.6. The molecule has 0 N–H and O–H groups in total. The van der Waals surface area contributed by atoms with Gasteiger partial charge in [0.15, 0.2) is 0 Å². The molecule has 0 radical (unpaired) electrons. The number of hydrogen-bond acceptors (Lipinski definition) is 6. The van der Waals surface area contributed by atoms with E-state index in [4.69, 9.17) is 4.74 Å². The van der Waals surface area contributed by atoms with Gasteiger partial charge in [-0.2, -0.15) is 0 Å². The van der Waals surface area contributed by atoms with E-state index in [-0.39, 0.29) is 36.4 Å². The van der Waals surface area contributed by atoms with E-state index in [0.29, 0.717) is 19.4 Å². The average Bonchev–Trinajstić information content (AvgIpc) is 2.79. The first-order valence-corrected chi connectivity index (χ1v) is 7.31. The first-order valence-electron chi connectivity index (χ1n) is 7.31. The van der Waals surface area contributed by atoms with Gasteiger partial charge in [-0.05, 0) is 31.6 Å². The Morgan fingerprint density at radius 3 is 2.23 bits per heavy atom. The largest absolute Gasteiger partial charge is 0.428 e. The Balaban J connectivity index is 1.71. The lowest BCUT2D eigenvalue weighted by atomic mass is 9.82. The number of rotatable bonds is 5. The Labute approximate surface area is 128 Å². The number of hydrogen-bond donors (Lipinski definition) is 0. The second-order valence-corrected chi connectivity index (χ2v) is 5.56. The molecule has 0 aromatic carbocycles. The smallest absolute Gasteiger partial charge is 0.311 e. The average molecular weight is 309 g/mol. The van der Waals surface area contributed by atoms with Crippen LogP contribution in [0.4, 0.5) is 0 Å². The zero-order valence-corrected chi connectivity index (χ0v) is 12.4. The van der Waals surface area contributed by atoms with E-state index in [1.807, 2.05) is 0 Å². The van der Waals surface area contributed by atoms with Gasteiger partial charge in [0.25, 0.3) is 11.8 Å². The summed E-state index contributed by atoms with van der Waals surface area (Å²) in [6.07, 6.45) is 5.36.